The molecule has 0 aromatic heterocycles. The van der Waals surface area contributed by atoms with Crippen LogP contribution < -0.4 is 45.6 Å². The molecule has 1 aliphatic rings. The first-order chi connectivity index (χ1) is 19.0. The van der Waals surface area contributed by atoms with E-state index in [0.717, 1.165) is 33.4 Å². The monoisotopic (exact) mass is 537 g/mol. The van der Waals surface area contributed by atoms with E-state index in [9.17, 15) is 0 Å². The van der Waals surface area contributed by atoms with Gasteiger partial charge in [0.25, 0.3) is 0 Å². The van der Waals surface area contributed by atoms with Crippen molar-refractivity contribution in [2.75, 3.05) is 60.8 Å². The molecule has 0 aliphatic heterocycles. The first kappa shape index (κ1) is 28.4. The molecule has 9 nitrogen and oxygen atoms in total. The molecule has 3 aromatic rings. The Morgan fingerprint density at radius 1 is 0.436 bits per heavy atom. The second kappa shape index (κ2) is 13.4. The van der Waals surface area contributed by atoms with Gasteiger partial charge in [0.15, 0.2) is 34.5 Å². The van der Waals surface area contributed by atoms with Crippen molar-refractivity contribution in [1.82, 2.24) is 0 Å². The van der Waals surface area contributed by atoms with Crippen molar-refractivity contribution in [3.63, 3.8) is 0 Å². The molecule has 3 aromatic carbocycles. The summed E-state index contributed by atoms with van der Waals surface area (Å²) >= 11 is 0. The van der Waals surface area contributed by atoms with Crippen molar-refractivity contribution in [3.05, 3.63) is 69.8 Å². The summed E-state index contributed by atoms with van der Waals surface area (Å²) in [5.74, 6) is 4.00. The maximum Gasteiger partial charge on any atom is 0.161 e. The largest absolute Gasteiger partial charge is 0.493 e. The predicted octanol–water partition coefficient (Wildman–Crippen LogP) is 2.81. The molecular weight excluding hydrogens is 498 g/mol. The van der Waals surface area contributed by atoms with E-state index in [1.807, 2.05) is 0 Å². The van der Waals surface area contributed by atoms with Crippen LogP contribution in [0.5, 0.6) is 34.5 Å². The number of nitrogens with two attached hydrogens (primary N) is 3. The first-order valence-electron chi connectivity index (χ1n) is 13.1. The number of benzene rings is 3. The van der Waals surface area contributed by atoms with Gasteiger partial charge < -0.3 is 45.6 Å². The summed E-state index contributed by atoms with van der Waals surface area (Å²) in [6.07, 6.45) is 2.01. The van der Waals surface area contributed by atoms with Crippen LogP contribution in [-0.4, -0.2) is 60.8 Å². The fourth-order valence-electron chi connectivity index (χ4n) is 4.86. The third kappa shape index (κ3) is 6.50. The van der Waals surface area contributed by atoms with Crippen LogP contribution in [0.2, 0.25) is 0 Å². The first-order valence-corrected chi connectivity index (χ1v) is 13.1. The molecule has 0 fully saturated rings. The lowest BCUT2D eigenvalue weighted by molar-refractivity contribution is 0.301. The van der Waals surface area contributed by atoms with Gasteiger partial charge >= 0.3 is 0 Å². The van der Waals surface area contributed by atoms with E-state index in [2.05, 4.69) is 36.4 Å². The van der Waals surface area contributed by atoms with E-state index in [1.165, 1.54) is 0 Å². The Hall–Kier alpha value is -3.66. The van der Waals surface area contributed by atoms with Gasteiger partial charge in [0.2, 0.25) is 0 Å². The molecule has 0 radical (unpaired) electrons. The van der Waals surface area contributed by atoms with E-state index in [0.29, 0.717) is 93.2 Å². The van der Waals surface area contributed by atoms with E-state index < -0.39 is 0 Å². The van der Waals surface area contributed by atoms with E-state index in [1.54, 1.807) is 21.3 Å². The summed E-state index contributed by atoms with van der Waals surface area (Å²) in [7, 11) is 4.94. The van der Waals surface area contributed by atoms with Crippen molar-refractivity contribution in [2.24, 2.45) is 17.2 Å². The van der Waals surface area contributed by atoms with Gasteiger partial charge in [-0.3, -0.25) is 0 Å². The topological polar surface area (TPSA) is 133 Å². The minimum absolute atomic E-state index is 0.395. The number of methoxy groups -OCH3 is 3. The molecule has 0 heterocycles. The van der Waals surface area contributed by atoms with Crippen LogP contribution in [0, 0.1) is 0 Å². The zero-order valence-electron chi connectivity index (χ0n) is 23.0. The highest BCUT2D eigenvalue weighted by atomic mass is 16.5. The van der Waals surface area contributed by atoms with Gasteiger partial charge in [-0.05, 0) is 89.0 Å². The van der Waals surface area contributed by atoms with Crippen LogP contribution in [0.1, 0.15) is 33.4 Å². The van der Waals surface area contributed by atoms with Crippen LogP contribution >= 0.6 is 0 Å². The molecule has 210 valence electrons. The van der Waals surface area contributed by atoms with Gasteiger partial charge in [-0.2, -0.15) is 0 Å². The molecule has 0 saturated heterocycles. The van der Waals surface area contributed by atoms with Gasteiger partial charge in [-0.1, -0.05) is 0 Å². The summed E-state index contributed by atoms with van der Waals surface area (Å²) in [6.45, 7) is 2.41. The highest BCUT2D eigenvalue weighted by Gasteiger charge is 2.22. The van der Waals surface area contributed by atoms with Gasteiger partial charge in [-0.25, -0.2) is 0 Å². The number of hydrogen-bond donors (Lipinski definition) is 3. The van der Waals surface area contributed by atoms with Crippen LogP contribution in [0.25, 0.3) is 0 Å². The molecule has 0 unspecified atom stereocenters. The van der Waals surface area contributed by atoms with Gasteiger partial charge in [0.1, 0.15) is 19.8 Å². The smallest absolute Gasteiger partial charge is 0.161 e. The fourth-order valence-corrected chi connectivity index (χ4v) is 4.86. The van der Waals surface area contributed by atoms with Crippen LogP contribution in [0.3, 0.4) is 0 Å². The Bertz CT molecular complexity index is 1120. The Morgan fingerprint density at radius 2 is 0.667 bits per heavy atom. The third-order valence-corrected chi connectivity index (χ3v) is 6.73. The van der Waals surface area contributed by atoms with Crippen molar-refractivity contribution in [2.45, 2.75) is 19.3 Å². The number of ether oxygens (including phenoxy) is 6. The summed E-state index contributed by atoms with van der Waals surface area (Å²) in [5, 5.41) is 0. The van der Waals surface area contributed by atoms with Gasteiger partial charge in [-0.15, -0.1) is 0 Å². The summed E-state index contributed by atoms with van der Waals surface area (Å²) in [6, 6.07) is 12.3. The standard InChI is InChI=1S/C30H39N3O6/c1-34-25-13-19-10-23-17-29(38-8-5-32)27(36-3)15-21(23)12-24-18-30(39-9-6-33)26(35-2)14-20(24)11-22(19)16-28(25)37-7-4-31/h13-18H,4-12,31-33H2,1-3H3. The van der Waals surface area contributed by atoms with Crippen molar-refractivity contribution >= 4 is 0 Å². The van der Waals surface area contributed by atoms with Gasteiger partial charge in [0, 0.05) is 19.6 Å². The Kier molecular flexibility index (Phi) is 9.75. The molecule has 0 bridgehead atoms. The van der Waals surface area contributed by atoms with Crippen molar-refractivity contribution in [1.29, 1.82) is 0 Å². The normalized spacial score (nSPS) is 12.2. The van der Waals surface area contributed by atoms with Crippen LogP contribution in [0.4, 0.5) is 0 Å². The molecule has 1 aliphatic carbocycles. The molecule has 0 spiro atoms. The Morgan fingerprint density at radius 3 is 0.872 bits per heavy atom. The Labute approximate surface area is 230 Å². The Balaban J connectivity index is 1.93. The highest BCUT2D eigenvalue weighted by molar-refractivity contribution is 5.58. The highest BCUT2D eigenvalue weighted by Crippen LogP contribution is 2.40. The minimum atomic E-state index is 0.395. The second-order valence-electron chi connectivity index (χ2n) is 9.26. The quantitative estimate of drug-likeness (QED) is 0.249. The van der Waals surface area contributed by atoms with Crippen molar-refractivity contribution < 1.29 is 28.4 Å². The number of hydrogen-bond acceptors (Lipinski definition) is 9. The van der Waals surface area contributed by atoms with Crippen LogP contribution in [-0.2, 0) is 19.3 Å². The zero-order chi connectivity index (χ0) is 27.8. The summed E-state index contributed by atoms with van der Waals surface area (Å²) < 4.78 is 35.0. The summed E-state index contributed by atoms with van der Waals surface area (Å²) in [5.41, 5.74) is 23.9. The SMILES string of the molecule is COc1cc2c(cc1OCCN)Cc1cc(OC)c(OCCN)cc1Cc1cc(OC)c(OCCN)cc1C2. The maximum absolute atomic E-state index is 5.95. The molecule has 0 atom stereocenters. The third-order valence-electron chi connectivity index (χ3n) is 6.73. The van der Waals surface area contributed by atoms with Crippen LogP contribution in [0.15, 0.2) is 36.4 Å². The molecule has 4 rings (SSSR count). The second-order valence-corrected chi connectivity index (χ2v) is 9.26. The fraction of sp³-hybridized carbons (Fsp3) is 0.400. The summed E-state index contributed by atoms with van der Waals surface area (Å²) in [4.78, 5) is 0. The predicted molar refractivity (Wildman–Crippen MR) is 151 cm³/mol. The van der Waals surface area contributed by atoms with Gasteiger partial charge in [0.05, 0.1) is 21.3 Å². The minimum Gasteiger partial charge on any atom is -0.493 e. The molecular formula is C30H39N3O6. The van der Waals surface area contributed by atoms with E-state index in [-0.39, 0.29) is 0 Å². The molecule has 0 amide bonds. The maximum atomic E-state index is 5.95. The zero-order valence-corrected chi connectivity index (χ0v) is 23.0. The lowest BCUT2D eigenvalue weighted by Gasteiger charge is -2.18. The number of fused-ring (bicyclic) bond motifs is 3. The lowest BCUT2D eigenvalue weighted by atomic mass is 9.94. The van der Waals surface area contributed by atoms with E-state index >= 15 is 0 Å². The molecule has 6 N–H and O–H groups in total. The average Bonchev–Trinajstić information content (AvgIpc) is 3.01. The van der Waals surface area contributed by atoms with Crippen molar-refractivity contribution in [3.8, 4) is 34.5 Å². The average molecular weight is 538 g/mol. The molecule has 9 heteroatoms. The molecule has 39 heavy (non-hydrogen) atoms. The molecule has 0 saturated carbocycles. The number of rotatable bonds is 12. The lowest BCUT2D eigenvalue weighted by Crippen LogP contribution is -2.12. The van der Waals surface area contributed by atoms with E-state index in [4.69, 9.17) is 45.6 Å².